The maximum absolute atomic E-state index is 12.6. The van der Waals surface area contributed by atoms with Gasteiger partial charge in [0.25, 0.3) is 11.8 Å². The molecule has 0 spiro atoms. The van der Waals surface area contributed by atoms with E-state index in [0.717, 1.165) is 17.4 Å². The molecule has 4 N–H and O–H groups in total. The number of amides is 2. The Labute approximate surface area is 175 Å². The predicted octanol–water partition coefficient (Wildman–Crippen LogP) is -0.916. The lowest BCUT2D eigenvalue weighted by atomic mass is 9.91. The molecule has 1 aromatic rings. The zero-order valence-electron chi connectivity index (χ0n) is 16.1. The average molecular weight is 461 g/mol. The Morgan fingerprint density at radius 1 is 1.50 bits per heavy atom. The lowest BCUT2D eigenvalue weighted by Crippen LogP contribution is -2.72. The summed E-state index contributed by atoms with van der Waals surface area (Å²) in [4.78, 5) is 45.2. The Kier molecular flexibility index (Phi) is 7.12. The summed E-state index contributed by atoms with van der Waals surface area (Å²) in [6.45, 7) is 2.99. The van der Waals surface area contributed by atoms with E-state index in [1.165, 1.54) is 19.4 Å². The van der Waals surface area contributed by atoms with Crippen molar-refractivity contribution in [1.29, 1.82) is 0 Å². The maximum Gasteiger partial charge on any atom is 0.362 e. The Bertz CT molecular complexity index is 1020. The van der Waals surface area contributed by atoms with Crippen molar-refractivity contribution in [3.63, 3.8) is 0 Å². The second-order valence-electron chi connectivity index (χ2n) is 5.84. The molecule has 0 aliphatic carbocycles. The van der Waals surface area contributed by atoms with Gasteiger partial charge in [-0.15, -0.1) is 11.3 Å². The largest absolute Gasteiger partial charge is 0.463 e. The van der Waals surface area contributed by atoms with Crippen molar-refractivity contribution in [2.75, 3.05) is 19.5 Å². The molecule has 30 heavy (non-hydrogen) atoms. The van der Waals surface area contributed by atoms with Gasteiger partial charge in [0.1, 0.15) is 24.9 Å². The van der Waals surface area contributed by atoms with Gasteiger partial charge in [-0.2, -0.15) is 8.42 Å². The minimum absolute atomic E-state index is 0.0547. The number of thiazole rings is 1. The number of carbonyl (C=O) groups excluding carboxylic acids is 3. The quantitative estimate of drug-likeness (QED) is 0.109. The first-order valence-electron chi connectivity index (χ1n) is 8.30. The summed E-state index contributed by atoms with van der Waals surface area (Å²) in [5, 5.41) is 7.47. The van der Waals surface area contributed by atoms with Crippen LogP contribution < -0.4 is 11.1 Å². The molecule has 2 rings (SSSR count). The van der Waals surface area contributed by atoms with Crippen molar-refractivity contribution >= 4 is 50.3 Å². The second-order valence-corrected chi connectivity index (χ2v) is 8.02. The third-order valence-electron chi connectivity index (χ3n) is 3.85. The van der Waals surface area contributed by atoms with Crippen LogP contribution in [-0.2, 0) is 34.3 Å². The number of aromatic nitrogens is 1. The average Bonchev–Trinajstić information content (AvgIpc) is 3.06. The van der Waals surface area contributed by atoms with E-state index in [4.69, 9.17) is 10.5 Å². The molecule has 0 aromatic carbocycles. The van der Waals surface area contributed by atoms with Crippen LogP contribution in [0.3, 0.4) is 0 Å². The molecule has 0 radical (unpaired) electrons. The first-order valence-corrected chi connectivity index (χ1v) is 10.6. The fourth-order valence-corrected chi connectivity index (χ4v) is 4.13. The number of carbonyl (C=O) groups is 3. The summed E-state index contributed by atoms with van der Waals surface area (Å²) >= 11 is 1.04. The van der Waals surface area contributed by atoms with Gasteiger partial charge in [-0.25, -0.2) is 14.1 Å². The number of nitrogens with zero attached hydrogens (tertiary/aromatic N) is 3. The normalized spacial score (nSPS) is 19.9. The first kappa shape index (κ1) is 23.2. The number of ether oxygens (including phenoxy) is 1. The summed E-state index contributed by atoms with van der Waals surface area (Å²) in [6.07, 6.45) is 0.962. The van der Waals surface area contributed by atoms with Crippen LogP contribution in [0.4, 0.5) is 5.13 Å². The van der Waals surface area contributed by atoms with E-state index in [1.807, 2.05) is 0 Å². The molecule has 15 heteroatoms. The molecule has 2 amide bonds. The summed E-state index contributed by atoms with van der Waals surface area (Å²) in [5.74, 6) is -2.80. The molecule has 1 fully saturated rings. The fourth-order valence-electron chi connectivity index (χ4n) is 2.67. The van der Waals surface area contributed by atoms with Crippen molar-refractivity contribution in [2.45, 2.75) is 25.9 Å². The molecule has 2 unspecified atom stereocenters. The summed E-state index contributed by atoms with van der Waals surface area (Å²) in [6, 6.07) is -2.77. The number of hydrogen-bond acceptors (Lipinski definition) is 11. The molecule has 164 valence electrons. The van der Waals surface area contributed by atoms with E-state index in [1.54, 1.807) is 6.92 Å². The SMILES string of the molecule is CCOC(=O)/C=C(/C)C1C(NC(=O)/C(=N\OC)c2csc(N)n2)C(=O)N1S(=O)(=O)O. The number of anilines is 1. The molecule has 13 nitrogen and oxygen atoms in total. The number of rotatable bonds is 8. The van der Waals surface area contributed by atoms with Gasteiger partial charge in [0.15, 0.2) is 10.8 Å². The van der Waals surface area contributed by atoms with Crippen molar-refractivity contribution in [1.82, 2.24) is 14.6 Å². The molecule has 0 saturated carbocycles. The molecule has 2 heterocycles. The van der Waals surface area contributed by atoms with Crippen LogP contribution in [0, 0.1) is 0 Å². The topological polar surface area (TPSA) is 191 Å². The third kappa shape index (κ3) is 4.92. The van der Waals surface area contributed by atoms with Crippen LogP contribution in [0.2, 0.25) is 0 Å². The highest BCUT2D eigenvalue weighted by atomic mass is 32.2. The Morgan fingerprint density at radius 3 is 2.67 bits per heavy atom. The molecule has 0 bridgehead atoms. The van der Waals surface area contributed by atoms with Gasteiger partial charge in [0.2, 0.25) is 0 Å². The Morgan fingerprint density at radius 2 is 2.17 bits per heavy atom. The van der Waals surface area contributed by atoms with Gasteiger partial charge in [0.05, 0.1) is 6.61 Å². The van der Waals surface area contributed by atoms with Crippen LogP contribution in [-0.4, -0.2) is 71.6 Å². The minimum atomic E-state index is -4.95. The molecule has 1 saturated heterocycles. The van der Waals surface area contributed by atoms with Crippen molar-refractivity contribution in [3.05, 3.63) is 22.7 Å². The highest BCUT2D eigenvalue weighted by Crippen LogP contribution is 2.29. The van der Waals surface area contributed by atoms with Crippen LogP contribution in [0.25, 0.3) is 0 Å². The summed E-state index contributed by atoms with van der Waals surface area (Å²) in [5.41, 5.74) is 5.36. The zero-order valence-corrected chi connectivity index (χ0v) is 17.7. The van der Waals surface area contributed by atoms with Crippen molar-refractivity contribution in [3.8, 4) is 0 Å². The molecular formula is C15H19N5O8S2. The van der Waals surface area contributed by atoms with E-state index in [0.29, 0.717) is 0 Å². The van der Waals surface area contributed by atoms with Crippen molar-refractivity contribution < 1.29 is 36.9 Å². The van der Waals surface area contributed by atoms with Gasteiger partial charge in [-0.05, 0) is 19.4 Å². The van der Waals surface area contributed by atoms with Crippen LogP contribution in [0.1, 0.15) is 19.5 Å². The molecule has 1 aliphatic heterocycles. The number of hydrogen-bond donors (Lipinski definition) is 3. The highest BCUT2D eigenvalue weighted by Gasteiger charge is 2.55. The number of β-lactam (4-membered cyclic amide) rings is 1. The number of nitrogens with two attached hydrogens (primary N) is 1. The standard InChI is InChI=1S/C15H19N5O8S2/c1-4-28-9(21)5-7(2)12-11(14(23)20(12)30(24,25)26)18-13(22)10(19-27-3)8-6-29-15(16)17-8/h5-6,11-12H,4H2,1-3H3,(H2,16,17)(H,18,22)(H,24,25,26)/b7-5-,19-10-. The third-order valence-corrected chi connectivity index (χ3v) is 5.43. The van der Waals surface area contributed by atoms with Crippen molar-refractivity contribution in [2.24, 2.45) is 5.16 Å². The maximum atomic E-state index is 12.6. The van der Waals surface area contributed by atoms with Gasteiger partial charge in [-0.1, -0.05) is 5.16 Å². The number of esters is 1. The minimum Gasteiger partial charge on any atom is -0.463 e. The number of oxime groups is 1. The lowest BCUT2D eigenvalue weighted by molar-refractivity contribution is -0.143. The number of nitrogens with one attached hydrogen (secondary N) is 1. The van der Waals surface area contributed by atoms with Gasteiger partial charge in [0, 0.05) is 11.5 Å². The fraction of sp³-hybridized carbons (Fsp3) is 0.400. The zero-order chi connectivity index (χ0) is 22.6. The first-order chi connectivity index (χ1) is 14.0. The molecule has 1 aliphatic rings. The van der Waals surface area contributed by atoms with E-state index in [2.05, 4.69) is 20.3 Å². The Hall–Kier alpha value is -3.04. The van der Waals surface area contributed by atoms with E-state index in [9.17, 15) is 27.4 Å². The number of nitrogen functional groups attached to an aromatic ring is 1. The monoisotopic (exact) mass is 461 g/mol. The smallest absolute Gasteiger partial charge is 0.362 e. The lowest BCUT2D eigenvalue weighted by Gasteiger charge is -2.44. The molecule has 2 atom stereocenters. The second kappa shape index (κ2) is 9.19. The van der Waals surface area contributed by atoms with Gasteiger partial charge >= 0.3 is 16.3 Å². The van der Waals surface area contributed by atoms with E-state index in [-0.39, 0.29) is 33.0 Å². The molecular weight excluding hydrogens is 442 g/mol. The van der Waals surface area contributed by atoms with Crippen LogP contribution in [0.5, 0.6) is 0 Å². The van der Waals surface area contributed by atoms with Gasteiger partial charge in [-0.3, -0.25) is 14.1 Å². The van der Waals surface area contributed by atoms with E-state index >= 15 is 0 Å². The van der Waals surface area contributed by atoms with Crippen LogP contribution >= 0.6 is 11.3 Å². The Balaban J connectivity index is 2.33. The highest BCUT2D eigenvalue weighted by molar-refractivity contribution is 7.84. The van der Waals surface area contributed by atoms with Crippen LogP contribution in [0.15, 0.2) is 22.2 Å². The summed E-state index contributed by atoms with van der Waals surface area (Å²) in [7, 11) is -3.76. The van der Waals surface area contributed by atoms with E-state index < -0.39 is 40.2 Å². The predicted molar refractivity (Wildman–Crippen MR) is 105 cm³/mol. The summed E-state index contributed by atoms with van der Waals surface area (Å²) < 4.78 is 37.4. The van der Waals surface area contributed by atoms with Gasteiger partial charge < -0.3 is 20.6 Å². The molecule has 1 aromatic heterocycles.